The van der Waals surface area contributed by atoms with Crippen LogP contribution < -0.4 is 10.0 Å². The summed E-state index contributed by atoms with van der Waals surface area (Å²) in [5.41, 5.74) is 0. The van der Waals surface area contributed by atoms with Gasteiger partial charge in [0.15, 0.2) is 0 Å². The van der Waals surface area contributed by atoms with Crippen LogP contribution in [0.1, 0.15) is 19.8 Å². The first-order chi connectivity index (χ1) is 9.24. The van der Waals surface area contributed by atoms with Crippen LogP contribution in [-0.2, 0) is 10.0 Å². The molecule has 1 aromatic heterocycles. The van der Waals surface area contributed by atoms with E-state index in [1.807, 2.05) is 6.92 Å². The third-order valence-electron chi connectivity index (χ3n) is 2.33. The van der Waals surface area contributed by atoms with Crippen molar-refractivity contribution in [2.75, 3.05) is 18.4 Å². The molecule has 114 valence electrons. The lowest BCUT2D eigenvalue weighted by Crippen LogP contribution is -2.26. The third kappa shape index (κ3) is 5.74. The van der Waals surface area contributed by atoms with E-state index in [-0.39, 0.29) is 17.9 Å². The molecule has 0 radical (unpaired) electrons. The number of nitrogens with one attached hydrogen (secondary N) is 2. The van der Waals surface area contributed by atoms with Gasteiger partial charge in [-0.15, -0.1) is 0 Å². The molecule has 20 heavy (non-hydrogen) atoms. The number of halogens is 3. The van der Waals surface area contributed by atoms with E-state index in [4.69, 9.17) is 0 Å². The number of hydrogen-bond acceptors (Lipinski definition) is 4. The van der Waals surface area contributed by atoms with E-state index in [1.165, 1.54) is 12.1 Å². The average molecular weight is 311 g/mol. The molecule has 0 saturated carbocycles. The van der Waals surface area contributed by atoms with Crippen molar-refractivity contribution in [3.05, 3.63) is 18.3 Å². The van der Waals surface area contributed by atoms with Gasteiger partial charge in [-0.2, -0.15) is 13.2 Å². The largest absolute Gasteiger partial charge is 0.389 e. The van der Waals surface area contributed by atoms with E-state index in [0.717, 1.165) is 6.20 Å². The van der Waals surface area contributed by atoms with Crippen LogP contribution in [0.5, 0.6) is 0 Å². The number of anilines is 1. The molecule has 1 aromatic rings. The maximum atomic E-state index is 11.9. The van der Waals surface area contributed by atoms with Crippen molar-refractivity contribution in [3.63, 3.8) is 0 Å². The second-order valence-electron chi connectivity index (χ2n) is 4.03. The van der Waals surface area contributed by atoms with Crippen LogP contribution in [0, 0.1) is 0 Å². The van der Waals surface area contributed by atoms with Crippen molar-refractivity contribution in [2.45, 2.75) is 30.8 Å². The van der Waals surface area contributed by atoms with Crippen molar-refractivity contribution in [3.8, 4) is 0 Å². The Morgan fingerprint density at radius 3 is 2.50 bits per heavy atom. The lowest BCUT2D eigenvalue weighted by atomic mass is 10.3. The fraction of sp³-hybridized carbons (Fsp3) is 0.545. The van der Waals surface area contributed by atoms with Gasteiger partial charge in [0.05, 0.1) is 0 Å². The summed E-state index contributed by atoms with van der Waals surface area (Å²) in [5.74, 6) is 0.531. The van der Waals surface area contributed by atoms with Gasteiger partial charge in [-0.3, -0.25) is 0 Å². The Morgan fingerprint density at radius 1 is 1.30 bits per heavy atom. The van der Waals surface area contributed by atoms with Gasteiger partial charge in [-0.1, -0.05) is 0 Å². The molecule has 0 unspecified atom stereocenters. The van der Waals surface area contributed by atoms with Crippen LogP contribution in [0.2, 0.25) is 0 Å². The van der Waals surface area contributed by atoms with Gasteiger partial charge in [-0.05, 0) is 25.5 Å². The first-order valence-electron chi connectivity index (χ1n) is 6.01. The molecule has 0 aromatic carbocycles. The Bertz CT molecular complexity index is 515. The zero-order chi connectivity index (χ0) is 15.2. The molecule has 0 saturated heterocycles. The minimum atomic E-state index is -4.28. The topological polar surface area (TPSA) is 71.1 Å². The summed E-state index contributed by atoms with van der Waals surface area (Å²) in [6.07, 6.45) is -4.44. The summed E-state index contributed by atoms with van der Waals surface area (Å²) in [5, 5.41) is 2.90. The number of nitrogens with zero attached hydrogens (tertiary/aromatic N) is 1. The Kier molecular flexibility index (Phi) is 5.75. The molecule has 0 fully saturated rings. The minimum Gasteiger partial charge on any atom is -0.370 e. The van der Waals surface area contributed by atoms with Gasteiger partial charge in [0.2, 0.25) is 10.0 Å². The number of aromatic nitrogens is 1. The summed E-state index contributed by atoms with van der Waals surface area (Å²) in [6, 6.07) is 2.84. The summed E-state index contributed by atoms with van der Waals surface area (Å²) in [4.78, 5) is 3.81. The molecule has 0 aliphatic heterocycles. The minimum absolute atomic E-state index is 0.0776. The van der Waals surface area contributed by atoms with Crippen LogP contribution in [0.15, 0.2) is 23.2 Å². The quantitative estimate of drug-likeness (QED) is 0.757. The molecule has 0 spiro atoms. The first kappa shape index (κ1) is 16.7. The molecule has 0 bridgehead atoms. The zero-order valence-electron chi connectivity index (χ0n) is 10.9. The number of rotatable bonds is 7. The maximum Gasteiger partial charge on any atom is 0.389 e. The lowest BCUT2D eigenvalue weighted by molar-refractivity contribution is -0.135. The van der Waals surface area contributed by atoms with E-state index in [0.29, 0.717) is 12.4 Å². The highest BCUT2D eigenvalue weighted by Crippen LogP contribution is 2.21. The van der Waals surface area contributed by atoms with Crippen LogP contribution in [0.4, 0.5) is 19.0 Å². The Morgan fingerprint density at radius 2 is 2.00 bits per heavy atom. The second-order valence-corrected chi connectivity index (χ2v) is 5.79. The number of hydrogen-bond donors (Lipinski definition) is 2. The SMILES string of the molecule is CCNc1ccc(S(=O)(=O)NCCCC(F)(F)F)cn1. The molecule has 9 heteroatoms. The second kappa shape index (κ2) is 6.89. The van der Waals surface area contributed by atoms with E-state index in [9.17, 15) is 21.6 Å². The highest BCUT2D eigenvalue weighted by Gasteiger charge is 2.26. The lowest BCUT2D eigenvalue weighted by Gasteiger charge is -2.09. The van der Waals surface area contributed by atoms with Crippen LogP contribution in [0.25, 0.3) is 0 Å². The van der Waals surface area contributed by atoms with Crippen molar-refractivity contribution in [1.29, 1.82) is 0 Å². The van der Waals surface area contributed by atoms with Crippen LogP contribution >= 0.6 is 0 Å². The van der Waals surface area contributed by atoms with E-state index < -0.39 is 22.6 Å². The smallest absolute Gasteiger partial charge is 0.370 e. The highest BCUT2D eigenvalue weighted by molar-refractivity contribution is 7.89. The number of sulfonamides is 1. The number of alkyl halides is 3. The van der Waals surface area contributed by atoms with Crippen molar-refractivity contribution < 1.29 is 21.6 Å². The van der Waals surface area contributed by atoms with Crippen molar-refractivity contribution in [2.24, 2.45) is 0 Å². The fourth-order valence-electron chi connectivity index (χ4n) is 1.40. The molecule has 1 heterocycles. The standard InChI is InChI=1S/C11H16F3N3O2S/c1-2-15-10-5-4-9(8-16-10)20(18,19)17-7-3-6-11(12,13)14/h4-5,8,17H,2-3,6-7H2,1H3,(H,15,16). The molecule has 2 N–H and O–H groups in total. The van der Waals surface area contributed by atoms with E-state index in [1.54, 1.807) is 0 Å². The van der Waals surface area contributed by atoms with Crippen molar-refractivity contribution >= 4 is 15.8 Å². The molecule has 0 aliphatic carbocycles. The van der Waals surface area contributed by atoms with Gasteiger partial charge in [0.1, 0.15) is 10.7 Å². The van der Waals surface area contributed by atoms with E-state index in [2.05, 4.69) is 15.0 Å². The molecule has 0 aliphatic rings. The predicted molar refractivity (Wildman–Crippen MR) is 68.9 cm³/mol. The first-order valence-corrected chi connectivity index (χ1v) is 7.49. The average Bonchev–Trinajstić information content (AvgIpc) is 2.35. The molecule has 5 nitrogen and oxygen atoms in total. The van der Waals surface area contributed by atoms with Gasteiger partial charge in [-0.25, -0.2) is 18.1 Å². The molecular weight excluding hydrogens is 295 g/mol. The molecule has 0 amide bonds. The third-order valence-corrected chi connectivity index (χ3v) is 3.78. The van der Waals surface area contributed by atoms with Crippen LogP contribution in [0.3, 0.4) is 0 Å². The summed E-state index contributed by atoms with van der Waals surface area (Å²) >= 11 is 0. The summed E-state index contributed by atoms with van der Waals surface area (Å²) in [6.45, 7) is 2.25. The Hall–Kier alpha value is -1.35. The molecular formula is C11H16F3N3O2S. The fourth-order valence-corrected chi connectivity index (χ4v) is 2.42. The predicted octanol–water partition coefficient (Wildman–Crippen LogP) is 2.13. The summed E-state index contributed by atoms with van der Waals surface area (Å²) in [7, 11) is -3.82. The highest BCUT2D eigenvalue weighted by atomic mass is 32.2. The number of pyridine rings is 1. The van der Waals surface area contributed by atoms with Crippen LogP contribution in [-0.4, -0.2) is 32.7 Å². The molecule has 1 rings (SSSR count). The van der Waals surface area contributed by atoms with Crippen molar-refractivity contribution in [1.82, 2.24) is 9.71 Å². The zero-order valence-corrected chi connectivity index (χ0v) is 11.7. The maximum absolute atomic E-state index is 11.9. The molecule has 0 atom stereocenters. The van der Waals surface area contributed by atoms with Gasteiger partial charge >= 0.3 is 6.18 Å². The van der Waals surface area contributed by atoms with Gasteiger partial charge < -0.3 is 5.32 Å². The normalized spacial score (nSPS) is 12.4. The van der Waals surface area contributed by atoms with Gasteiger partial charge in [0.25, 0.3) is 0 Å². The van der Waals surface area contributed by atoms with E-state index >= 15 is 0 Å². The Labute approximate surface area is 115 Å². The monoisotopic (exact) mass is 311 g/mol. The van der Waals surface area contributed by atoms with Gasteiger partial charge in [0, 0.05) is 25.7 Å². The Balaban J connectivity index is 2.56. The summed E-state index contributed by atoms with van der Waals surface area (Å²) < 4.78 is 61.4.